The molecule has 9 heteroatoms. The highest BCUT2D eigenvalue weighted by Gasteiger charge is 2.14. The molecule has 2 rings (SSSR count). The number of carbonyl (C=O) groups is 2. The number of rotatable bonds is 5. The topological polar surface area (TPSA) is 76.7 Å². The molecule has 0 heterocycles. The predicted molar refractivity (Wildman–Crippen MR) is 95.6 cm³/mol. The maximum Gasteiger partial charge on any atom is 0.276 e. The lowest BCUT2D eigenvalue weighted by molar-refractivity contribution is -0.123. The van der Waals surface area contributed by atoms with Gasteiger partial charge >= 0.3 is 0 Å². The molecule has 0 aliphatic heterocycles. The monoisotopic (exact) mass is 402 g/mol. The molecule has 0 fully saturated rings. The van der Waals surface area contributed by atoms with E-state index in [0.29, 0.717) is 10.8 Å². The Labute approximate surface area is 158 Å². The van der Waals surface area contributed by atoms with Gasteiger partial charge in [-0.3, -0.25) is 20.4 Å². The van der Waals surface area contributed by atoms with Crippen molar-refractivity contribution >= 4 is 46.6 Å². The maximum atomic E-state index is 12.0. The molecule has 132 valence electrons. The Hall–Kier alpha value is -2.15. The van der Waals surface area contributed by atoms with Crippen LogP contribution in [0.2, 0.25) is 15.1 Å². The van der Waals surface area contributed by atoms with Gasteiger partial charge in [0.1, 0.15) is 5.75 Å². The van der Waals surface area contributed by atoms with Gasteiger partial charge in [0.15, 0.2) is 12.4 Å². The van der Waals surface area contributed by atoms with Crippen LogP contribution in [-0.2, 0) is 4.79 Å². The van der Waals surface area contributed by atoms with Crippen LogP contribution >= 0.6 is 34.8 Å². The van der Waals surface area contributed by atoms with Gasteiger partial charge in [0.2, 0.25) is 0 Å². The van der Waals surface area contributed by atoms with Crippen molar-refractivity contribution in [2.45, 2.75) is 0 Å². The predicted octanol–water partition coefficient (Wildman–Crippen LogP) is 3.50. The molecule has 2 N–H and O–H groups in total. The minimum atomic E-state index is -0.599. The molecule has 0 spiro atoms. The largest absolute Gasteiger partial charge is 0.494 e. The minimum absolute atomic E-state index is 0.156. The van der Waals surface area contributed by atoms with Gasteiger partial charge in [0, 0.05) is 5.56 Å². The molecule has 0 radical (unpaired) electrons. The smallest absolute Gasteiger partial charge is 0.276 e. The zero-order valence-electron chi connectivity index (χ0n) is 12.9. The van der Waals surface area contributed by atoms with Crippen molar-refractivity contribution in [2.75, 3.05) is 13.7 Å². The second-order valence-corrected chi connectivity index (χ2v) is 5.92. The summed E-state index contributed by atoms with van der Waals surface area (Å²) in [4.78, 5) is 23.8. The highest BCUT2D eigenvalue weighted by atomic mass is 35.5. The quantitative estimate of drug-likeness (QED) is 0.749. The third-order valence-electron chi connectivity index (χ3n) is 2.98. The summed E-state index contributed by atoms with van der Waals surface area (Å²) in [6, 6.07) is 9.45. The number of hydrazine groups is 1. The van der Waals surface area contributed by atoms with E-state index in [-0.39, 0.29) is 28.0 Å². The Morgan fingerprint density at radius 1 is 1.00 bits per heavy atom. The summed E-state index contributed by atoms with van der Waals surface area (Å²) in [7, 11) is 1.41. The summed E-state index contributed by atoms with van der Waals surface area (Å²) in [5.41, 5.74) is 4.60. The average molecular weight is 404 g/mol. The normalized spacial score (nSPS) is 10.1. The zero-order chi connectivity index (χ0) is 18.4. The first-order valence-corrected chi connectivity index (χ1v) is 8.05. The lowest BCUT2D eigenvalue weighted by atomic mass is 10.2. The number of hydrogen-bond acceptors (Lipinski definition) is 4. The van der Waals surface area contributed by atoms with Gasteiger partial charge in [-0.15, -0.1) is 0 Å². The number of amides is 2. The maximum absolute atomic E-state index is 12.0. The van der Waals surface area contributed by atoms with Crippen LogP contribution in [0.5, 0.6) is 11.5 Å². The Balaban J connectivity index is 1.89. The Morgan fingerprint density at radius 2 is 1.64 bits per heavy atom. The number of methoxy groups -OCH3 is 1. The van der Waals surface area contributed by atoms with E-state index in [1.165, 1.54) is 19.2 Å². The number of carbonyl (C=O) groups excluding carboxylic acids is 2. The molecule has 2 aromatic carbocycles. The van der Waals surface area contributed by atoms with E-state index < -0.39 is 11.8 Å². The minimum Gasteiger partial charge on any atom is -0.494 e. The summed E-state index contributed by atoms with van der Waals surface area (Å²) in [6.07, 6.45) is 0. The fourth-order valence-corrected chi connectivity index (χ4v) is 2.66. The van der Waals surface area contributed by atoms with Gasteiger partial charge in [-0.2, -0.15) is 0 Å². The van der Waals surface area contributed by atoms with Crippen molar-refractivity contribution in [1.82, 2.24) is 10.9 Å². The van der Waals surface area contributed by atoms with Crippen molar-refractivity contribution in [3.63, 3.8) is 0 Å². The van der Waals surface area contributed by atoms with Crippen LogP contribution in [0, 0.1) is 0 Å². The van der Waals surface area contributed by atoms with E-state index >= 15 is 0 Å². The van der Waals surface area contributed by atoms with E-state index in [9.17, 15) is 9.59 Å². The average Bonchev–Trinajstić information content (AvgIpc) is 2.58. The number of halogens is 3. The molecular formula is C16H13Cl3N2O4. The van der Waals surface area contributed by atoms with Crippen LogP contribution in [0.1, 0.15) is 10.4 Å². The van der Waals surface area contributed by atoms with Gasteiger partial charge < -0.3 is 9.47 Å². The van der Waals surface area contributed by atoms with E-state index in [4.69, 9.17) is 44.3 Å². The standard InChI is InChI=1S/C16H13Cl3N2O4/c1-24-15-11(18)6-9(7-12(15)19)16(23)21-20-14(22)8-25-13-5-3-2-4-10(13)17/h2-7H,8H2,1H3,(H,20,22)(H,21,23). The number of para-hydroxylation sites is 1. The molecule has 0 aliphatic carbocycles. The summed E-state index contributed by atoms with van der Waals surface area (Å²) in [5.74, 6) is -0.548. The molecule has 2 amide bonds. The fraction of sp³-hybridized carbons (Fsp3) is 0.125. The Morgan fingerprint density at radius 3 is 2.24 bits per heavy atom. The number of nitrogens with one attached hydrogen (secondary N) is 2. The Bertz CT molecular complexity index is 776. The van der Waals surface area contributed by atoms with Crippen molar-refractivity contribution in [2.24, 2.45) is 0 Å². The van der Waals surface area contributed by atoms with Crippen molar-refractivity contribution in [3.05, 3.63) is 57.0 Å². The second-order valence-electron chi connectivity index (χ2n) is 4.69. The van der Waals surface area contributed by atoms with Gasteiger partial charge in [-0.25, -0.2) is 0 Å². The van der Waals surface area contributed by atoms with E-state index in [1.54, 1.807) is 24.3 Å². The van der Waals surface area contributed by atoms with Crippen LogP contribution < -0.4 is 20.3 Å². The van der Waals surface area contributed by atoms with Crippen LogP contribution in [0.25, 0.3) is 0 Å². The van der Waals surface area contributed by atoms with Crippen LogP contribution in [0.4, 0.5) is 0 Å². The van der Waals surface area contributed by atoms with Crippen molar-refractivity contribution in [1.29, 1.82) is 0 Å². The SMILES string of the molecule is COc1c(Cl)cc(C(=O)NNC(=O)COc2ccccc2Cl)cc1Cl. The van der Waals surface area contributed by atoms with Gasteiger partial charge in [-0.1, -0.05) is 46.9 Å². The van der Waals surface area contributed by atoms with E-state index in [0.717, 1.165) is 0 Å². The van der Waals surface area contributed by atoms with Crippen LogP contribution in [0.3, 0.4) is 0 Å². The molecule has 6 nitrogen and oxygen atoms in total. The first-order valence-electron chi connectivity index (χ1n) is 6.92. The number of ether oxygens (including phenoxy) is 2. The molecule has 2 aromatic rings. The van der Waals surface area contributed by atoms with Crippen molar-refractivity contribution < 1.29 is 19.1 Å². The third kappa shape index (κ3) is 5.16. The molecular weight excluding hydrogens is 391 g/mol. The van der Waals surface area contributed by atoms with Gasteiger partial charge in [0.05, 0.1) is 22.2 Å². The van der Waals surface area contributed by atoms with E-state index in [1.807, 2.05) is 0 Å². The molecule has 0 aromatic heterocycles. The molecule has 0 atom stereocenters. The molecule has 0 unspecified atom stereocenters. The van der Waals surface area contributed by atoms with Gasteiger partial charge in [0.25, 0.3) is 11.8 Å². The number of hydrogen-bond donors (Lipinski definition) is 2. The summed E-state index contributed by atoms with van der Waals surface area (Å²) >= 11 is 17.8. The second kappa shape index (κ2) is 8.80. The zero-order valence-corrected chi connectivity index (χ0v) is 15.2. The molecule has 0 saturated heterocycles. The first-order chi connectivity index (χ1) is 11.9. The Kier molecular flexibility index (Phi) is 6.75. The summed E-state index contributed by atoms with van der Waals surface area (Å²) < 4.78 is 10.3. The lowest BCUT2D eigenvalue weighted by Crippen LogP contribution is -2.43. The molecule has 0 bridgehead atoms. The van der Waals surface area contributed by atoms with Crippen molar-refractivity contribution in [3.8, 4) is 11.5 Å². The molecule has 0 aliphatic rings. The highest BCUT2D eigenvalue weighted by molar-refractivity contribution is 6.37. The lowest BCUT2D eigenvalue weighted by Gasteiger charge is -2.11. The molecule has 0 saturated carbocycles. The highest BCUT2D eigenvalue weighted by Crippen LogP contribution is 2.33. The number of benzene rings is 2. The van der Waals surface area contributed by atoms with Crippen LogP contribution in [-0.4, -0.2) is 25.5 Å². The van der Waals surface area contributed by atoms with E-state index in [2.05, 4.69) is 10.9 Å². The third-order valence-corrected chi connectivity index (χ3v) is 3.85. The fourth-order valence-electron chi connectivity index (χ4n) is 1.83. The summed E-state index contributed by atoms with van der Waals surface area (Å²) in [6.45, 7) is -0.325. The van der Waals surface area contributed by atoms with Gasteiger partial charge in [-0.05, 0) is 24.3 Å². The first kappa shape index (κ1) is 19.2. The van der Waals surface area contributed by atoms with Crippen LogP contribution in [0.15, 0.2) is 36.4 Å². The molecule has 25 heavy (non-hydrogen) atoms. The summed E-state index contributed by atoms with van der Waals surface area (Å²) in [5, 5.41) is 0.726.